The lowest BCUT2D eigenvalue weighted by molar-refractivity contribution is 0.254. The Morgan fingerprint density at radius 3 is 0.581 bits per heavy atom. The first-order valence-electron chi connectivity index (χ1n) is 12.5. The van der Waals surface area contributed by atoms with Crippen LogP contribution in [0.4, 0.5) is 0 Å². The third-order valence-electron chi connectivity index (χ3n) is 5.18. The molecule has 0 spiro atoms. The van der Waals surface area contributed by atoms with Crippen molar-refractivity contribution in [2.24, 2.45) is 44.3 Å². The Kier molecular flexibility index (Phi) is 11.7. The maximum Gasteiger partial charge on any atom is -0.0203 e. The summed E-state index contributed by atoms with van der Waals surface area (Å²) in [6.07, 6.45) is 10.5. The molecular weight excluding hydrogens is 372 g/mol. The molecular formula is C31H62. The summed E-state index contributed by atoms with van der Waals surface area (Å²) >= 11 is 0. The number of hydrogen-bond acceptors (Lipinski definition) is 0. The highest BCUT2D eigenvalue weighted by Crippen LogP contribution is 2.58. The standard InChI is InChI=1S/C11H22.2C10H20/c1-10(2,3)8-7-9(8)11(4,5)6;2*1-9(2,3)7-8-10(4,5)6/h8-9H,7H2,1-6H3;2*7-8H,1-6H3/b;8-7+;8-7-. The van der Waals surface area contributed by atoms with Gasteiger partial charge in [0.05, 0.1) is 0 Å². The predicted octanol–water partition coefficient (Wildman–Crippen LogP) is 11.0. The van der Waals surface area contributed by atoms with E-state index in [-0.39, 0.29) is 0 Å². The van der Waals surface area contributed by atoms with E-state index in [2.05, 4.69) is 149 Å². The first kappa shape index (κ1) is 32.7. The molecule has 0 N–H and O–H groups in total. The van der Waals surface area contributed by atoms with Crippen LogP contribution in [0.3, 0.4) is 0 Å². The number of hydrogen-bond donors (Lipinski definition) is 0. The second kappa shape index (κ2) is 11.1. The molecule has 2 unspecified atom stereocenters. The monoisotopic (exact) mass is 434 g/mol. The van der Waals surface area contributed by atoms with Gasteiger partial charge in [0, 0.05) is 0 Å². The fourth-order valence-corrected chi connectivity index (χ4v) is 3.11. The Labute approximate surface area is 199 Å². The third kappa shape index (κ3) is 22.5. The molecule has 0 aromatic carbocycles. The lowest BCUT2D eigenvalue weighted by Gasteiger charge is -2.24. The van der Waals surface area contributed by atoms with Crippen LogP contribution in [0.1, 0.15) is 131 Å². The van der Waals surface area contributed by atoms with Crippen LogP contribution in [0.5, 0.6) is 0 Å². The molecule has 31 heavy (non-hydrogen) atoms. The van der Waals surface area contributed by atoms with Crippen LogP contribution in [0.15, 0.2) is 24.3 Å². The minimum absolute atomic E-state index is 0.327. The Hall–Kier alpha value is -0.520. The maximum atomic E-state index is 2.36. The van der Waals surface area contributed by atoms with Crippen molar-refractivity contribution in [3.63, 3.8) is 0 Å². The zero-order valence-electron chi connectivity index (χ0n) is 25.2. The first-order chi connectivity index (χ1) is 13.1. The Morgan fingerprint density at radius 2 is 0.516 bits per heavy atom. The Morgan fingerprint density at radius 1 is 0.355 bits per heavy atom. The highest BCUT2D eigenvalue weighted by atomic mass is 14.5. The third-order valence-corrected chi connectivity index (χ3v) is 5.18. The van der Waals surface area contributed by atoms with Gasteiger partial charge in [0.15, 0.2) is 0 Å². The van der Waals surface area contributed by atoms with Gasteiger partial charge < -0.3 is 0 Å². The number of rotatable bonds is 0. The van der Waals surface area contributed by atoms with E-state index in [4.69, 9.17) is 0 Å². The first-order valence-corrected chi connectivity index (χ1v) is 12.5. The van der Waals surface area contributed by atoms with E-state index >= 15 is 0 Å². The van der Waals surface area contributed by atoms with Crippen molar-refractivity contribution < 1.29 is 0 Å². The van der Waals surface area contributed by atoms with Crippen LogP contribution in [-0.4, -0.2) is 0 Å². The summed E-state index contributed by atoms with van der Waals surface area (Å²) in [5.41, 5.74) is 2.39. The van der Waals surface area contributed by atoms with Crippen LogP contribution in [0.25, 0.3) is 0 Å². The maximum absolute atomic E-state index is 2.36. The average Bonchev–Trinajstić information content (AvgIpc) is 3.22. The second-order valence-electron chi connectivity index (χ2n) is 16.3. The van der Waals surface area contributed by atoms with Gasteiger partial charge in [-0.3, -0.25) is 0 Å². The van der Waals surface area contributed by atoms with E-state index in [1.165, 1.54) is 6.42 Å². The van der Waals surface area contributed by atoms with Crippen molar-refractivity contribution in [1.29, 1.82) is 0 Å². The van der Waals surface area contributed by atoms with Crippen molar-refractivity contribution in [3.05, 3.63) is 24.3 Å². The molecule has 1 aliphatic carbocycles. The molecule has 0 bridgehead atoms. The fourth-order valence-electron chi connectivity index (χ4n) is 3.11. The van der Waals surface area contributed by atoms with E-state index in [9.17, 15) is 0 Å². The van der Waals surface area contributed by atoms with Crippen molar-refractivity contribution in [1.82, 2.24) is 0 Å². The van der Waals surface area contributed by atoms with Crippen molar-refractivity contribution in [2.45, 2.75) is 131 Å². The summed E-state index contributed by atoms with van der Waals surface area (Å²) in [7, 11) is 0. The van der Waals surface area contributed by atoms with E-state index in [0.717, 1.165) is 11.8 Å². The molecule has 0 amide bonds. The normalized spacial score (nSPS) is 20.8. The lowest BCUT2D eigenvalue weighted by Crippen LogP contribution is -2.16. The van der Waals surface area contributed by atoms with Crippen LogP contribution in [0, 0.1) is 44.3 Å². The van der Waals surface area contributed by atoms with E-state index in [1.54, 1.807) is 0 Å². The molecule has 0 nitrogen and oxygen atoms in total. The number of allylic oxidation sites excluding steroid dienone is 4. The van der Waals surface area contributed by atoms with Gasteiger partial charge >= 0.3 is 0 Å². The molecule has 1 saturated carbocycles. The van der Waals surface area contributed by atoms with Gasteiger partial charge in [-0.15, -0.1) is 0 Å². The zero-order valence-corrected chi connectivity index (χ0v) is 25.2. The van der Waals surface area contributed by atoms with Crippen molar-refractivity contribution in [3.8, 4) is 0 Å². The molecule has 1 fully saturated rings. The highest BCUT2D eigenvalue weighted by Gasteiger charge is 2.50. The predicted molar refractivity (Wildman–Crippen MR) is 147 cm³/mol. The summed E-state index contributed by atoms with van der Waals surface area (Å²) in [5.74, 6) is 1.95. The zero-order chi connectivity index (χ0) is 25.7. The Balaban J connectivity index is 0. The summed E-state index contributed by atoms with van der Waals surface area (Å²) in [6.45, 7) is 40.8. The van der Waals surface area contributed by atoms with Gasteiger partial charge in [0.1, 0.15) is 0 Å². The molecule has 0 aliphatic heterocycles. The van der Waals surface area contributed by atoms with E-state index < -0.39 is 0 Å². The quantitative estimate of drug-likeness (QED) is 0.332. The SMILES string of the molecule is CC(C)(C)/C=C/C(C)(C)C.CC(C)(C)/C=C\C(C)(C)C.CC(C)(C)C1CC1C(C)(C)C. The van der Waals surface area contributed by atoms with Gasteiger partial charge in [-0.25, -0.2) is 0 Å². The van der Waals surface area contributed by atoms with E-state index in [0.29, 0.717) is 32.5 Å². The average molecular weight is 435 g/mol. The van der Waals surface area contributed by atoms with Crippen LogP contribution in [-0.2, 0) is 0 Å². The summed E-state index contributed by atoms with van der Waals surface area (Å²) < 4.78 is 0. The molecule has 186 valence electrons. The van der Waals surface area contributed by atoms with Crippen molar-refractivity contribution in [2.75, 3.05) is 0 Å². The van der Waals surface area contributed by atoms with Crippen molar-refractivity contribution >= 4 is 0 Å². The summed E-state index contributed by atoms with van der Waals surface area (Å²) in [5, 5.41) is 0. The molecule has 0 saturated heterocycles. The largest absolute Gasteiger partial charge is 0.0826 e. The van der Waals surface area contributed by atoms with Crippen LogP contribution in [0.2, 0.25) is 0 Å². The molecule has 2 atom stereocenters. The second-order valence-corrected chi connectivity index (χ2v) is 16.3. The van der Waals surface area contributed by atoms with Crippen LogP contribution < -0.4 is 0 Å². The molecule has 1 aliphatic rings. The summed E-state index contributed by atoms with van der Waals surface area (Å²) in [4.78, 5) is 0. The molecule has 0 heterocycles. The highest BCUT2D eigenvalue weighted by molar-refractivity contribution is 5.00. The smallest absolute Gasteiger partial charge is 0.0203 e. The minimum atomic E-state index is 0.327. The van der Waals surface area contributed by atoms with Gasteiger partial charge in [0.25, 0.3) is 0 Å². The minimum Gasteiger partial charge on any atom is -0.0826 e. The molecule has 0 radical (unpaired) electrons. The van der Waals surface area contributed by atoms with Gasteiger partial charge in [-0.1, -0.05) is 149 Å². The van der Waals surface area contributed by atoms with E-state index in [1.807, 2.05) is 0 Å². The molecule has 0 heteroatoms. The molecule has 0 aromatic heterocycles. The van der Waals surface area contributed by atoms with Gasteiger partial charge in [0.2, 0.25) is 0 Å². The molecule has 0 aromatic rings. The lowest BCUT2D eigenvalue weighted by atomic mass is 9.81. The molecule has 1 rings (SSSR count). The van der Waals surface area contributed by atoms with Crippen LogP contribution >= 0.6 is 0 Å². The Bertz CT molecular complexity index is 458. The summed E-state index contributed by atoms with van der Waals surface area (Å²) in [6, 6.07) is 0. The van der Waals surface area contributed by atoms with Gasteiger partial charge in [-0.05, 0) is 50.7 Å². The fraction of sp³-hybridized carbons (Fsp3) is 0.871. The topological polar surface area (TPSA) is 0 Å². The van der Waals surface area contributed by atoms with Gasteiger partial charge in [-0.2, -0.15) is 0 Å².